The van der Waals surface area contributed by atoms with E-state index in [9.17, 15) is 14.3 Å². The maximum absolute atomic E-state index is 13.7. The fourth-order valence-corrected chi connectivity index (χ4v) is 2.92. The van der Waals surface area contributed by atoms with Crippen LogP contribution in [0.4, 0.5) is 10.1 Å². The van der Waals surface area contributed by atoms with E-state index in [1.165, 1.54) is 12.1 Å². The summed E-state index contributed by atoms with van der Waals surface area (Å²) in [6.07, 6.45) is -0.0278. The summed E-state index contributed by atoms with van der Waals surface area (Å²) in [6, 6.07) is 11.4. The van der Waals surface area contributed by atoms with Gasteiger partial charge in [-0.2, -0.15) is 0 Å². The number of halogens is 1. The van der Waals surface area contributed by atoms with Gasteiger partial charge in [-0.15, -0.1) is 0 Å². The second-order valence-electron chi connectivity index (χ2n) is 6.36. The molecule has 0 spiro atoms. The Balaban J connectivity index is 1.98. The Morgan fingerprint density at radius 1 is 1.33 bits per heavy atom. The fraction of sp³-hybridized carbons (Fsp3) is 0.316. The number of hydrogen-bond donors (Lipinski definition) is 1. The summed E-state index contributed by atoms with van der Waals surface area (Å²) in [5, 5.41) is 9.37. The molecule has 0 radical (unpaired) electrons. The first-order valence-corrected chi connectivity index (χ1v) is 7.98. The maximum Gasteiger partial charge on any atom is 0.336 e. The number of ether oxygens (including phenoxy) is 1. The third-order valence-electron chi connectivity index (χ3n) is 4.29. The molecule has 0 saturated carbocycles. The predicted octanol–water partition coefficient (Wildman–Crippen LogP) is 3.95. The second-order valence-corrected chi connectivity index (χ2v) is 6.36. The lowest BCUT2D eigenvalue weighted by molar-refractivity contribution is 0.0695. The lowest BCUT2D eigenvalue weighted by atomic mass is 10.0. The zero-order chi connectivity index (χ0) is 17.3. The summed E-state index contributed by atoms with van der Waals surface area (Å²) in [7, 11) is 0. The maximum atomic E-state index is 13.7. The molecule has 2 aromatic carbocycles. The minimum Gasteiger partial charge on any atom is -0.486 e. The standard InChI is InChI=1S/C19H20FNO3/c1-12(2)18-11-21(16-9-14(20)7-8-17(16)24-18)10-13-5-3-4-6-15(13)19(22)23/h3-9,12,18H,10-11H2,1-2H3,(H,22,23). The van der Waals surface area contributed by atoms with Crippen molar-refractivity contribution in [3.63, 3.8) is 0 Å². The molecule has 0 aromatic heterocycles. The molecule has 0 aliphatic carbocycles. The van der Waals surface area contributed by atoms with Gasteiger partial charge in [0.1, 0.15) is 17.7 Å². The summed E-state index contributed by atoms with van der Waals surface area (Å²) in [5.41, 5.74) is 1.62. The quantitative estimate of drug-likeness (QED) is 0.923. The van der Waals surface area contributed by atoms with E-state index in [2.05, 4.69) is 13.8 Å². The number of hydrogen-bond acceptors (Lipinski definition) is 3. The van der Waals surface area contributed by atoms with E-state index >= 15 is 0 Å². The van der Waals surface area contributed by atoms with Crippen LogP contribution < -0.4 is 9.64 Å². The first kappa shape index (κ1) is 16.3. The average Bonchev–Trinajstić information content (AvgIpc) is 2.55. The molecule has 3 rings (SSSR count). The van der Waals surface area contributed by atoms with E-state index in [4.69, 9.17) is 4.74 Å². The van der Waals surface area contributed by atoms with Crippen LogP contribution in [0.2, 0.25) is 0 Å². The fourth-order valence-electron chi connectivity index (χ4n) is 2.92. The molecule has 126 valence electrons. The van der Waals surface area contributed by atoms with Crippen LogP contribution in [0.3, 0.4) is 0 Å². The van der Waals surface area contributed by atoms with Crippen LogP contribution in [0, 0.1) is 11.7 Å². The topological polar surface area (TPSA) is 49.8 Å². The first-order valence-electron chi connectivity index (χ1n) is 7.98. The van der Waals surface area contributed by atoms with Crippen molar-refractivity contribution in [1.29, 1.82) is 0 Å². The summed E-state index contributed by atoms with van der Waals surface area (Å²) >= 11 is 0. The van der Waals surface area contributed by atoms with Gasteiger partial charge < -0.3 is 14.7 Å². The van der Waals surface area contributed by atoms with Gasteiger partial charge in [-0.25, -0.2) is 9.18 Å². The first-order chi connectivity index (χ1) is 11.5. The zero-order valence-electron chi connectivity index (χ0n) is 13.7. The van der Waals surface area contributed by atoms with E-state index in [0.29, 0.717) is 36.0 Å². The normalized spacial score (nSPS) is 16.7. The second kappa shape index (κ2) is 6.51. The minimum atomic E-state index is -0.960. The number of carbonyl (C=O) groups is 1. The Morgan fingerprint density at radius 3 is 2.79 bits per heavy atom. The number of nitrogens with zero attached hydrogens (tertiary/aromatic N) is 1. The van der Waals surface area contributed by atoms with Crippen molar-refractivity contribution in [2.45, 2.75) is 26.5 Å². The number of benzene rings is 2. The van der Waals surface area contributed by atoms with Gasteiger partial charge in [0.25, 0.3) is 0 Å². The molecule has 0 bridgehead atoms. The summed E-state index contributed by atoms with van der Waals surface area (Å²) in [6.45, 7) is 5.12. The molecule has 0 amide bonds. The van der Waals surface area contributed by atoms with E-state index in [1.807, 2.05) is 11.0 Å². The molecule has 1 aliphatic heterocycles. The highest BCUT2D eigenvalue weighted by atomic mass is 19.1. The highest BCUT2D eigenvalue weighted by Gasteiger charge is 2.29. The van der Waals surface area contributed by atoms with Gasteiger partial charge in [0.05, 0.1) is 17.8 Å². The molecule has 1 N–H and O–H groups in total. The molecule has 1 atom stereocenters. The number of rotatable bonds is 4. The number of carboxylic acid groups (broad SMARTS) is 1. The van der Waals surface area contributed by atoms with Crippen LogP contribution in [0.25, 0.3) is 0 Å². The molecule has 0 saturated heterocycles. The van der Waals surface area contributed by atoms with E-state index in [-0.39, 0.29) is 17.5 Å². The zero-order valence-corrected chi connectivity index (χ0v) is 13.7. The van der Waals surface area contributed by atoms with Crippen LogP contribution in [-0.2, 0) is 6.54 Å². The lowest BCUT2D eigenvalue weighted by Crippen LogP contribution is -2.42. The van der Waals surface area contributed by atoms with Gasteiger partial charge in [-0.05, 0) is 29.7 Å². The van der Waals surface area contributed by atoms with Crippen molar-refractivity contribution < 1.29 is 19.0 Å². The third kappa shape index (κ3) is 3.20. The molecule has 4 nitrogen and oxygen atoms in total. The van der Waals surface area contributed by atoms with Crippen LogP contribution in [0.15, 0.2) is 42.5 Å². The molecule has 5 heteroatoms. The Labute approximate surface area is 140 Å². The number of fused-ring (bicyclic) bond motifs is 1. The van der Waals surface area contributed by atoms with Crippen LogP contribution in [-0.4, -0.2) is 23.7 Å². The van der Waals surface area contributed by atoms with Crippen molar-refractivity contribution in [3.8, 4) is 5.75 Å². The molecule has 24 heavy (non-hydrogen) atoms. The van der Waals surface area contributed by atoms with Crippen molar-refractivity contribution in [3.05, 3.63) is 59.4 Å². The number of carboxylic acids is 1. The molecule has 0 fully saturated rings. The van der Waals surface area contributed by atoms with Crippen LogP contribution >= 0.6 is 0 Å². The van der Waals surface area contributed by atoms with Crippen molar-refractivity contribution in [2.75, 3.05) is 11.4 Å². The highest BCUT2D eigenvalue weighted by Crippen LogP contribution is 2.36. The van der Waals surface area contributed by atoms with Crippen molar-refractivity contribution in [2.24, 2.45) is 5.92 Å². The van der Waals surface area contributed by atoms with E-state index in [0.717, 1.165) is 0 Å². The largest absolute Gasteiger partial charge is 0.486 e. The van der Waals surface area contributed by atoms with Crippen molar-refractivity contribution in [1.82, 2.24) is 0 Å². The van der Waals surface area contributed by atoms with E-state index < -0.39 is 5.97 Å². The Bertz CT molecular complexity index is 760. The molecule has 1 unspecified atom stereocenters. The van der Waals surface area contributed by atoms with Gasteiger partial charge in [0.2, 0.25) is 0 Å². The monoisotopic (exact) mass is 329 g/mol. The number of anilines is 1. The average molecular weight is 329 g/mol. The molecular weight excluding hydrogens is 309 g/mol. The molecule has 1 heterocycles. The molecular formula is C19H20FNO3. The highest BCUT2D eigenvalue weighted by molar-refractivity contribution is 5.89. The van der Waals surface area contributed by atoms with Crippen molar-refractivity contribution >= 4 is 11.7 Å². The van der Waals surface area contributed by atoms with Crippen LogP contribution in [0.1, 0.15) is 29.8 Å². The molecule has 2 aromatic rings. The van der Waals surface area contributed by atoms with Gasteiger partial charge in [-0.3, -0.25) is 0 Å². The SMILES string of the molecule is CC(C)C1CN(Cc2ccccc2C(=O)O)c2cc(F)ccc2O1. The van der Waals surface area contributed by atoms with Gasteiger partial charge in [0, 0.05) is 12.6 Å². The Morgan fingerprint density at radius 2 is 2.08 bits per heavy atom. The Kier molecular flexibility index (Phi) is 4.42. The summed E-state index contributed by atoms with van der Waals surface area (Å²) in [5.74, 6) is -0.370. The van der Waals surface area contributed by atoms with Gasteiger partial charge in [0.15, 0.2) is 0 Å². The minimum absolute atomic E-state index is 0.0278. The summed E-state index contributed by atoms with van der Waals surface area (Å²) < 4.78 is 19.7. The molecule has 1 aliphatic rings. The predicted molar refractivity (Wildman–Crippen MR) is 90.1 cm³/mol. The van der Waals surface area contributed by atoms with Gasteiger partial charge >= 0.3 is 5.97 Å². The number of aromatic carboxylic acids is 1. The smallest absolute Gasteiger partial charge is 0.336 e. The van der Waals surface area contributed by atoms with Crippen LogP contribution in [0.5, 0.6) is 5.75 Å². The van der Waals surface area contributed by atoms with Gasteiger partial charge in [-0.1, -0.05) is 32.0 Å². The summed E-state index contributed by atoms with van der Waals surface area (Å²) in [4.78, 5) is 13.4. The lowest BCUT2D eigenvalue weighted by Gasteiger charge is -2.38. The van der Waals surface area contributed by atoms with E-state index in [1.54, 1.807) is 24.3 Å². The Hall–Kier alpha value is -2.56. The third-order valence-corrected chi connectivity index (χ3v) is 4.29.